The van der Waals surface area contributed by atoms with E-state index in [-0.39, 0.29) is 17.9 Å². The summed E-state index contributed by atoms with van der Waals surface area (Å²) in [6.45, 7) is 5.97. The highest BCUT2D eigenvalue weighted by atomic mass is 16.6. The van der Waals surface area contributed by atoms with Crippen LogP contribution in [0.4, 0.5) is 11.4 Å². The second-order valence-electron chi connectivity index (χ2n) is 15.1. The minimum absolute atomic E-state index is 0.144. The van der Waals surface area contributed by atoms with E-state index >= 15 is 0 Å². The molecular formula is C41H44N4O7. The fourth-order valence-electron chi connectivity index (χ4n) is 9.71. The van der Waals surface area contributed by atoms with E-state index in [2.05, 4.69) is 32.6 Å². The molecule has 3 aromatic rings. The number of nitrogens with zero attached hydrogens (tertiary/aromatic N) is 2. The lowest BCUT2D eigenvalue weighted by atomic mass is 9.72. The topological polar surface area (TPSA) is 138 Å². The molecule has 1 atom stereocenters. The van der Waals surface area contributed by atoms with Gasteiger partial charge in [-0.3, -0.25) is 9.59 Å². The lowest BCUT2D eigenvalue weighted by Gasteiger charge is -2.45. The van der Waals surface area contributed by atoms with Crippen LogP contribution in [0, 0.1) is 0 Å². The number of aliphatic carboxylic acids is 1. The summed E-state index contributed by atoms with van der Waals surface area (Å²) in [4.78, 5) is 56.0. The molecule has 0 radical (unpaired) electrons. The van der Waals surface area contributed by atoms with E-state index in [0.29, 0.717) is 30.5 Å². The Morgan fingerprint density at radius 2 is 1.42 bits per heavy atom. The minimum Gasteiger partial charge on any atom is -0.480 e. The Hall–Kier alpha value is -5.06. The Balaban J connectivity index is 1.15. The fourth-order valence-corrected chi connectivity index (χ4v) is 9.71. The molecule has 11 heteroatoms. The molecule has 3 aromatic carbocycles. The maximum atomic E-state index is 14.2. The van der Waals surface area contributed by atoms with Crippen LogP contribution >= 0.6 is 0 Å². The van der Waals surface area contributed by atoms with E-state index < -0.39 is 29.5 Å². The molecule has 6 heterocycles. The first-order valence-electron chi connectivity index (χ1n) is 19.0. The Bertz CT molecular complexity index is 1970. The number of hydrogen-bond donors (Lipinski definition) is 3. The van der Waals surface area contributed by atoms with E-state index in [1.807, 2.05) is 6.07 Å². The fraction of sp³-hybridized carbons (Fsp3) is 0.463. The van der Waals surface area contributed by atoms with Gasteiger partial charge in [0.15, 0.2) is 5.60 Å². The predicted molar refractivity (Wildman–Crippen MR) is 194 cm³/mol. The van der Waals surface area contributed by atoms with Gasteiger partial charge in [-0.2, -0.15) is 0 Å². The first-order valence-corrected chi connectivity index (χ1v) is 19.0. The molecule has 270 valence electrons. The van der Waals surface area contributed by atoms with Gasteiger partial charge in [-0.05, 0) is 106 Å². The quantitative estimate of drug-likeness (QED) is 0.215. The van der Waals surface area contributed by atoms with E-state index in [1.165, 1.54) is 40.6 Å². The summed E-state index contributed by atoms with van der Waals surface area (Å²) in [5.74, 6) is -0.777. The second-order valence-corrected chi connectivity index (χ2v) is 15.1. The summed E-state index contributed by atoms with van der Waals surface area (Å²) in [5.41, 5.74) is 9.08. The normalized spacial score (nSPS) is 18.9. The number of carboxylic acids is 1. The van der Waals surface area contributed by atoms with Gasteiger partial charge in [0.05, 0.1) is 5.56 Å². The number of unbranched alkanes of at least 4 members (excludes halogenated alkanes) is 1. The van der Waals surface area contributed by atoms with Crippen molar-refractivity contribution in [1.82, 2.24) is 10.6 Å². The number of benzene rings is 3. The molecule has 0 aliphatic carbocycles. The average Bonchev–Trinajstić information content (AvgIpc) is 3.43. The van der Waals surface area contributed by atoms with Crippen LogP contribution in [0.15, 0.2) is 30.3 Å². The molecule has 0 unspecified atom stereocenters. The van der Waals surface area contributed by atoms with Crippen molar-refractivity contribution in [2.45, 2.75) is 89.2 Å². The highest BCUT2D eigenvalue weighted by Crippen LogP contribution is 2.62. The number of aryl methyl sites for hydroxylation is 2. The average molecular weight is 705 g/mol. The van der Waals surface area contributed by atoms with Crippen LogP contribution in [-0.4, -0.2) is 67.6 Å². The number of rotatable bonds is 8. The lowest BCUT2D eigenvalue weighted by molar-refractivity contribution is -0.139. The monoisotopic (exact) mass is 704 g/mol. The Morgan fingerprint density at radius 1 is 0.827 bits per heavy atom. The van der Waals surface area contributed by atoms with Gasteiger partial charge in [-0.25, -0.2) is 9.59 Å². The van der Waals surface area contributed by atoms with Gasteiger partial charge in [0.2, 0.25) is 5.91 Å². The van der Waals surface area contributed by atoms with Crippen LogP contribution in [0.2, 0.25) is 0 Å². The third-order valence-electron chi connectivity index (χ3n) is 11.9. The van der Waals surface area contributed by atoms with Crippen molar-refractivity contribution in [1.29, 1.82) is 0 Å². The van der Waals surface area contributed by atoms with E-state index in [9.17, 15) is 24.3 Å². The van der Waals surface area contributed by atoms with Crippen molar-refractivity contribution in [3.63, 3.8) is 0 Å². The van der Waals surface area contributed by atoms with Crippen molar-refractivity contribution in [2.75, 3.05) is 42.5 Å². The van der Waals surface area contributed by atoms with Crippen LogP contribution < -0.4 is 25.2 Å². The molecule has 2 amide bonds. The standard InChI is InChI=1S/C41H44N4O7/c1-23(46)42-15-3-2-12-33(39(48)49)43-38(47)26-13-14-30-29(20-26)40(50)52-41(30)31-21-24-8-4-16-44-18-6-10-27(34(24)44)36(31)51-37-28-11-7-19-45-17-5-9-25(35(28)45)22-32(37)41/h13-14,20-22,33H,2-12,15-19H2,1H3,(H,42,46)(H,43,47)(H,48,49)/t33-/m0/s1. The molecule has 0 aromatic heterocycles. The minimum atomic E-state index is -1.25. The van der Waals surface area contributed by atoms with Crippen molar-refractivity contribution >= 4 is 35.1 Å². The van der Waals surface area contributed by atoms with Crippen LogP contribution in [0.1, 0.15) is 112 Å². The predicted octanol–water partition coefficient (Wildman–Crippen LogP) is 5.14. The molecule has 11 nitrogen and oxygen atoms in total. The molecule has 1 spiro atoms. The zero-order valence-corrected chi connectivity index (χ0v) is 29.6. The number of hydrogen-bond acceptors (Lipinski definition) is 8. The summed E-state index contributed by atoms with van der Waals surface area (Å²) in [5, 5.41) is 15.2. The first-order chi connectivity index (χ1) is 25.2. The number of carbonyl (C=O) groups is 4. The Kier molecular flexibility index (Phi) is 7.93. The molecule has 3 N–H and O–H groups in total. The van der Waals surface area contributed by atoms with Crippen LogP contribution in [-0.2, 0) is 45.6 Å². The van der Waals surface area contributed by atoms with Gasteiger partial charge in [0.1, 0.15) is 17.5 Å². The molecular weight excluding hydrogens is 660 g/mol. The SMILES string of the molecule is CC(=O)NCCCC[C@H](NC(=O)c1ccc2c(c1)C(=O)OC21c2cc3c4c(c2Oc2c1cc1c5c2CCCN5CCC1)CCCN4CCC3)C(=O)O. The number of fused-ring (bicyclic) bond motifs is 8. The molecule has 0 fully saturated rings. The number of anilines is 2. The number of ether oxygens (including phenoxy) is 2. The number of nitrogens with one attached hydrogen (secondary N) is 2. The molecule has 9 rings (SSSR count). The van der Waals surface area contributed by atoms with Gasteiger partial charge in [-0.15, -0.1) is 0 Å². The smallest absolute Gasteiger partial charge is 0.340 e. The van der Waals surface area contributed by atoms with Crippen molar-refractivity contribution in [3.05, 3.63) is 80.4 Å². The molecule has 0 bridgehead atoms. The number of carboxylic acid groups (broad SMARTS) is 1. The van der Waals surface area contributed by atoms with E-state index in [4.69, 9.17) is 9.47 Å². The molecule has 6 aliphatic heterocycles. The Morgan fingerprint density at radius 3 is 2.00 bits per heavy atom. The summed E-state index contributed by atoms with van der Waals surface area (Å²) in [7, 11) is 0. The van der Waals surface area contributed by atoms with E-state index in [1.54, 1.807) is 12.1 Å². The summed E-state index contributed by atoms with van der Waals surface area (Å²) in [6.07, 6.45) is 9.13. The lowest BCUT2D eigenvalue weighted by Crippen LogP contribution is -2.41. The molecule has 52 heavy (non-hydrogen) atoms. The molecule has 0 saturated carbocycles. The zero-order valence-electron chi connectivity index (χ0n) is 29.6. The second kappa shape index (κ2) is 12.6. The number of carbonyl (C=O) groups excluding carboxylic acids is 3. The summed E-state index contributed by atoms with van der Waals surface area (Å²) >= 11 is 0. The number of esters is 1. The molecule has 0 saturated heterocycles. The first kappa shape index (κ1) is 32.8. The third kappa shape index (κ3) is 5.06. The maximum absolute atomic E-state index is 14.2. The van der Waals surface area contributed by atoms with Gasteiger partial charge in [-0.1, -0.05) is 6.07 Å². The maximum Gasteiger partial charge on any atom is 0.340 e. The summed E-state index contributed by atoms with van der Waals surface area (Å²) < 4.78 is 13.9. The molecule has 6 aliphatic rings. The highest BCUT2D eigenvalue weighted by molar-refractivity contribution is 6.03. The van der Waals surface area contributed by atoms with Gasteiger partial charge < -0.3 is 35.0 Å². The Labute approximate surface area is 302 Å². The third-order valence-corrected chi connectivity index (χ3v) is 11.9. The van der Waals surface area contributed by atoms with Crippen LogP contribution in [0.25, 0.3) is 0 Å². The van der Waals surface area contributed by atoms with Crippen molar-refractivity contribution in [2.24, 2.45) is 0 Å². The number of amides is 2. The van der Waals surface area contributed by atoms with Crippen LogP contribution in [0.3, 0.4) is 0 Å². The van der Waals surface area contributed by atoms with Crippen LogP contribution in [0.5, 0.6) is 11.5 Å². The zero-order chi connectivity index (χ0) is 35.7. The summed E-state index contributed by atoms with van der Waals surface area (Å²) in [6, 6.07) is 8.38. The highest BCUT2D eigenvalue weighted by Gasteiger charge is 2.56. The van der Waals surface area contributed by atoms with Gasteiger partial charge in [0, 0.05) is 84.4 Å². The van der Waals surface area contributed by atoms with Gasteiger partial charge >= 0.3 is 11.9 Å². The van der Waals surface area contributed by atoms with Crippen molar-refractivity contribution in [3.8, 4) is 11.5 Å². The van der Waals surface area contributed by atoms with E-state index in [0.717, 1.165) is 100 Å². The van der Waals surface area contributed by atoms with Crippen molar-refractivity contribution < 1.29 is 33.8 Å². The largest absolute Gasteiger partial charge is 0.480 e. The van der Waals surface area contributed by atoms with Gasteiger partial charge in [0.25, 0.3) is 5.91 Å².